The summed E-state index contributed by atoms with van der Waals surface area (Å²) in [5, 5.41) is 8.94. The molecule has 7 nitrogen and oxygen atoms in total. The zero-order valence-electron chi connectivity index (χ0n) is 12.3. The number of carboxylic acid groups (broad SMARTS) is 1. The smallest absolute Gasteiger partial charge is 0.334 e. The SMILES string of the molecule is C[C@H](OC[C@H]1CCCCO1)C(=O)N1CCO[C@@H](C(=O)O)C1. The van der Waals surface area contributed by atoms with Crippen molar-refractivity contribution in [1.29, 1.82) is 0 Å². The Bertz CT molecular complexity index is 368. The number of morpholine rings is 1. The zero-order chi connectivity index (χ0) is 15.2. The van der Waals surface area contributed by atoms with Gasteiger partial charge in [0.15, 0.2) is 6.10 Å². The molecule has 0 bridgehead atoms. The molecule has 2 rings (SSSR count). The summed E-state index contributed by atoms with van der Waals surface area (Å²) >= 11 is 0. The monoisotopic (exact) mass is 301 g/mol. The predicted octanol–water partition coefficient (Wildman–Crippen LogP) is 0.273. The molecule has 2 aliphatic heterocycles. The fraction of sp³-hybridized carbons (Fsp3) is 0.857. The van der Waals surface area contributed by atoms with Crippen molar-refractivity contribution in [2.24, 2.45) is 0 Å². The van der Waals surface area contributed by atoms with Gasteiger partial charge in [0.2, 0.25) is 0 Å². The predicted molar refractivity (Wildman–Crippen MR) is 73.0 cm³/mol. The van der Waals surface area contributed by atoms with Crippen LogP contribution in [-0.4, -0.2) is 73.1 Å². The van der Waals surface area contributed by atoms with Gasteiger partial charge in [-0.1, -0.05) is 0 Å². The van der Waals surface area contributed by atoms with Crippen LogP contribution in [0, 0.1) is 0 Å². The third kappa shape index (κ3) is 4.66. The van der Waals surface area contributed by atoms with E-state index in [9.17, 15) is 9.59 Å². The first-order chi connectivity index (χ1) is 10.1. The minimum absolute atomic E-state index is 0.0606. The fourth-order valence-electron chi connectivity index (χ4n) is 2.52. The maximum absolute atomic E-state index is 12.3. The van der Waals surface area contributed by atoms with E-state index >= 15 is 0 Å². The van der Waals surface area contributed by atoms with Crippen molar-refractivity contribution in [2.75, 3.05) is 32.9 Å². The Kier molecular flexibility index (Phi) is 5.96. The summed E-state index contributed by atoms with van der Waals surface area (Å²) in [6.45, 7) is 3.55. The van der Waals surface area contributed by atoms with Crippen molar-refractivity contribution in [3.63, 3.8) is 0 Å². The van der Waals surface area contributed by atoms with Crippen LogP contribution in [0.1, 0.15) is 26.2 Å². The first kappa shape index (κ1) is 16.2. The quantitative estimate of drug-likeness (QED) is 0.784. The molecular formula is C14H23NO6. The van der Waals surface area contributed by atoms with E-state index in [-0.39, 0.29) is 25.2 Å². The van der Waals surface area contributed by atoms with E-state index in [4.69, 9.17) is 19.3 Å². The molecule has 2 heterocycles. The molecule has 21 heavy (non-hydrogen) atoms. The molecule has 120 valence electrons. The molecule has 2 fully saturated rings. The maximum Gasteiger partial charge on any atom is 0.334 e. The lowest BCUT2D eigenvalue weighted by Gasteiger charge is -2.33. The van der Waals surface area contributed by atoms with E-state index in [2.05, 4.69) is 0 Å². The third-order valence-corrected chi connectivity index (χ3v) is 3.81. The van der Waals surface area contributed by atoms with Crippen LogP contribution < -0.4 is 0 Å². The normalized spacial score (nSPS) is 28.1. The van der Waals surface area contributed by atoms with Crippen molar-refractivity contribution in [3.8, 4) is 0 Å². The highest BCUT2D eigenvalue weighted by atomic mass is 16.5. The van der Waals surface area contributed by atoms with Gasteiger partial charge < -0.3 is 24.2 Å². The van der Waals surface area contributed by atoms with Gasteiger partial charge in [-0.05, 0) is 26.2 Å². The molecule has 0 aromatic rings. The Morgan fingerprint density at radius 1 is 1.33 bits per heavy atom. The number of ether oxygens (including phenoxy) is 3. The summed E-state index contributed by atoms with van der Waals surface area (Å²) in [6.07, 6.45) is 1.68. The van der Waals surface area contributed by atoms with Gasteiger partial charge >= 0.3 is 5.97 Å². The number of carbonyl (C=O) groups is 2. The van der Waals surface area contributed by atoms with Crippen LogP contribution in [0.3, 0.4) is 0 Å². The van der Waals surface area contributed by atoms with Crippen LogP contribution in [-0.2, 0) is 23.8 Å². The lowest BCUT2D eigenvalue weighted by Crippen LogP contribution is -2.51. The summed E-state index contributed by atoms with van der Waals surface area (Å²) in [5.41, 5.74) is 0. The van der Waals surface area contributed by atoms with Crippen LogP contribution in [0.15, 0.2) is 0 Å². The van der Waals surface area contributed by atoms with E-state index < -0.39 is 18.2 Å². The average molecular weight is 301 g/mol. The van der Waals surface area contributed by atoms with Gasteiger partial charge in [0.05, 0.1) is 25.9 Å². The van der Waals surface area contributed by atoms with E-state index in [0.29, 0.717) is 13.2 Å². The van der Waals surface area contributed by atoms with E-state index in [0.717, 1.165) is 25.9 Å². The Labute approximate surface area is 124 Å². The third-order valence-electron chi connectivity index (χ3n) is 3.81. The van der Waals surface area contributed by atoms with Crippen LogP contribution in [0.25, 0.3) is 0 Å². The van der Waals surface area contributed by atoms with Gasteiger partial charge in [-0.15, -0.1) is 0 Å². The van der Waals surface area contributed by atoms with Crippen molar-refractivity contribution >= 4 is 11.9 Å². The number of carbonyl (C=O) groups excluding carboxylic acids is 1. The molecule has 7 heteroatoms. The number of hydrogen-bond acceptors (Lipinski definition) is 5. The second-order valence-electron chi connectivity index (χ2n) is 5.45. The van der Waals surface area contributed by atoms with Crippen molar-refractivity contribution in [1.82, 2.24) is 4.90 Å². The summed E-state index contributed by atoms with van der Waals surface area (Å²) in [5.74, 6) is -1.24. The number of hydrogen-bond donors (Lipinski definition) is 1. The maximum atomic E-state index is 12.3. The molecule has 0 saturated carbocycles. The molecule has 0 spiro atoms. The molecule has 0 unspecified atom stereocenters. The van der Waals surface area contributed by atoms with E-state index in [1.54, 1.807) is 6.92 Å². The zero-order valence-corrected chi connectivity index (χ0v) is 12.3. The summed E-state index contributed by atoms with van der Waals surface area (Å²) in [6, 6.07) is 0. The second kappa shape index (κ2) is 7.72. The topological polar surface area (TPSA) is 85.3 Å². The van der Waals surface area contributed by atoms with Crippen LogP contribution >= 0.6 is 0 Å². The largest absolute Gasteiger partial charge is 0.479 e. The number of rotatable bonds is 5. The van der Waals surface area contributed by atoms with Gasteiger partial charge in [0.1, 0.15) is 6.10 Å². The fourth-order valence-corrected chi connectivity index (χ4v) is 2.52. The molecule has 0 aromatic heterocycles. The highest BCUT2D eigenvalue weighted by molar-refractivity contribution is 5.82. The second-order valence-corrected chi connectivity index (χ2v) is 5.45. The molecule has 0 aliphatic carbocycles. The average Bonchev–Trinajstić information content (AvgIpc) is 2.53. The molecule has 1 N–H and O–H groups in total. The molecule has 2 aliphatic rings. The minimum Gasteiger partial charge on any atom is -0.479 e. The van der Waals surface area contributed by atoms with E-state index in [1.807, 2.05) is 0 Å². The van der Waals surface area contributed by atoms with Gasteiger partial charge in [-0.25, -0.2) is 4.79 Å². The number of carboxylic acids is 1. The van der Waals surface area contributed by atoms with Gasteiger partial charge in [0.25, 0.3) is 5.91 Å². The Morgan fingerprint density at radius 3 is 2.81 bits per heavy atom. The molecule has 0 aromatic carbocycles. The van der Waals surface area contributed by atoms with E-state index in [1.165, 1.54) is 4.90 Å². The lowest BCUT2D eigenvalue weighted by atomic mass is 10.1. The molecule has 0 radical (unpaired) electrons. The summed E-state index contributed by atoms with van der Waals surface area (Å²) in [4.78, 5) is 24.7. The Morgan fingerprint density at radius 2 is 2.14 bits per heavy atom. The highest BCUT2D eigenvalue weighted by Crippen LogP contribution is 2.14. The molecular weight excluding hydrogens is 278 g/mol. The highest BCUT2D eigenvalue weighted by Gasteiger charge is 2.31. The van der Waals surface area contributed by atoms with Crippen LogP contribution in [0.2, 0.25) is 0 Å². The molecule has 3 atom stereocenters. The number of nitrogens with zero attached hydrogens (tertiary/aromatic N) is 1. The van der Waals surface area contributed by atoms with Crippen LogP contribution in [0.4, 0.5) is 0 Å². The Balaban J connectivity index is 1.76. The van der Waals surface area contributed by atoms with Crippen molar-refractivity contribution in [2.45, 2.75) is 44.5 Å². The molecule has 1 amide bonds. The number of amides is 1. The van der Waals surface area contributed by atoms with Gasteiger partial charge in [0, 0.05) is 13.2 Å². The van der Waals surface area contributed by atoms with Gasteiger partial charge in [-0.3, -0.25) is 4.79 Å². The summed E-state index contributed by atoms with van der Waals surface area (Å²) in [7, 11) is 0. The van der Waals surface area contributed by atoms with Crippen molar-refractivity contribution in [3.05, 3.63) is 0 Å². The lowest BCUT2D eigenvalue weighted by molar-refractivity contribution is -0.164. The van der Waals surface area contributed by atoms with Crippen molar-refractivity contribution < 1.29 is 28.9 Å². The standard InChI is InChI=1S/C14H23NO6/c1-10(21-9-11-4-2-3-6-19-11)13(16)15-5-7-20-12(8-15)14(17)18/h10-12H,2-9H2,1H3,(H,17,18)/t10-,11+,12+/m0/s1. The Hall–Kier alpha value is -1.18. The minimum atomic E-state index is -1.04. The first-order valence-corrected chi connectivity index (χ1v) is 7.44. The number of aliphatic carboxylic acids is 1. The first-order valence-electron chi connectivity index (χ1n) is 7.44. The van der Waals surface area contributed by atoms with Gasteiger partial charge in [-0.2, -0.15) is 0 Å². The molecule has 2 saturated heterocycles. The van der Waals surface area contributed by atoms with Crippen LogP contribution in [0.5, 0.6) is 0 Å². The summed E-state index contributed by atoms with van der Waals surface area (Å²) < 4.78 is 16.2.